The van der Waals surface area contributed by atoms with Crippen LogP contribution in [0.5, 0.6) is 0 Å². The maximum Gasteiger partial charge on any atom is 0.437 e. The number of carbonyl (C=O) groups is 2. The van der Waals surface area contributed by atoms with Gasteiger partial charge in [0, 0.05) is 19.4 Å². The number of hydrogen-bond donors (Lipinski definition) is 2. The molecule has 0 saturated carbocycles. The summed E-state index contributed by atoms with van der Waals surface area (Å²) in [6.45, 7) is 0. The van der Waals surface area contributed by atoms with Crippen LogP contribution in [0.1, 0.15) is 21.3 Å². The second kappa shape index (κ2) is 6.36. The summed E-state index contributed by atoms with van der Waals surface area (Å²) in [5.74, 6) is -2.92. The van der Waals surface area contributed by atoms with Gasteiger partial charge in [-0.15, -0.1) is 11.3 Å². The lowest BCUT2D eigenvalue weighted by Crippen LogP contribution is -2.72. The Bertz CT molecular complexity index is 813. The third kappa shape index (κ3) is 2.74. The van der Waals surface area contributed by atoms with Crippen molar-refractivity contribution in [2.24, 2.45) is 5.92 Å². The van der Waals surface area contributed by atoms with Gasteiger partial charge in [0.05, 0.1) is 10.9 Å². The third-order valence-electron chi connectivity index (χ3n) is 4.37. The maximum absolute atomic E-state index is 13.9. The van der Waals surface area contributed by atoms with Crippen molar-refractivity contribution in [2.45, 2.75) is 17.9 Å². The van der Waals surface area contributed by atoms with E-state index in [1.807, 2.05) is 0 Å². The van der Waals surface area contributed by atoms with Crippen molar-refractivity contribution in [3.8, 4) is 0 Å². The van der Waals surface area contributed by atoms with E-state index in [2.05, 4.69) is 10.3 Å². The summed E-state index contributed by atoms with van der Waals surface area (Å²) < 4.78 is 41.6. The van der Waals surface area contributed by atoms with Crippen LogP contribution in [0, 0.1) is 5.92 Å². The molecule has 10 heteroatoms. The Hall–Kier alpha value is -2.46. The summed E-state index contributed by atoms with van der Waals surface area (Å²) in [6, 6.07) is 3.27. The molecule has 0 radical (unpaired) electrons. The van der Waals surface area contributed by atoms with E-state index in [-0.39, 0.29) is 15.3 Å². The lowest BCUT2D eigenvalue weighted by Gasteiger charge is -2.49. The van der Waals surface area contributed by atoms with E-state index in [4.69, 9.17) is 0 Å². The fourth-order valence-electron chi connectivity index (χ4n) is 3.02. The number of amides is 2. The first kappa shape index (κ1) is 18.3. The summed E-state index contributed by atoms with van der Waals surface area (Å²) in [5.41, 5.74) is -3.48. The van der Waals surface area contributed by atoms with Crippen LogP contribution in [-0.2, 0) is 0 Å². The average Bonchev–Trinajstić information content (AvgIpc) is 3.13. The van der Waals surface area contributed by atoms with Crippen LogP contribution in [0.15, 0.2) is 42.0 Å². The summed E-state index contributed by atoms with van der Waals surface area (Å²) in [5, 5.41) is 14.5. The van der Waals surface area contributed by atoms with E-state index >= 15 is 0 Å². The number of nitrogens with one attached hydrogen (secondary N) is 1. The summed E-state index contributed by atoms with van der Waals surface area (Å²) in [4.78, 5) is 29.0. The van der Waals surface area contributed by atoms with Crippen molar-refractivity contribution in [3.05, 3.63) is 52.5 Å². The van der Waals surface area contributed by atoms with E-state index in [9.17, 15) is 27.9 Å². The number of pyridine rings is 1. The molecule has 6 nitrogen and oxygen atoms in total. The molecular weight excluding hydrogens is 371 g/mol. The van der Waals surface area contributed by atoms with Crippen LogP contribution in [0.2, 0.25) is 0 Å². The van der Waals surface area contributed by atoms with E-state index in [1.165, 1.54) is 36.7 Å². The number of aliphatic hydroxyl groups is 1. The van der Waals surface area contributed by atoms with Crippen LogP contribution in [-0.4, -0.2) is 45.8 Å². The number of rotatable bonds is 3. The Kier molecular flexibility index (Phi) is 4.49. The SMILES string of the molecule is CN1C(=O)N[C@@H](c2cccnc2)[C@@H](C(=O)c2cccs2)[C@]1(O)C(F)(F)F. The topological polar surface area (TPSA) is 82.5 Å². The molecule has 1 aliphatic rings. The zero-order valence-electron chi connectivity index (χ0n) is 13.4. The van der Waals surface area contributed by atoms with Gasteiger partial charge >= 0.3 is 12.2 Å². The quantitative estimate of drug-likeness (QED) is 0.796. The van der Waals surface area contributed by atoms with Gasteiger partial charge in [0.2, 0.25) is 0 Å². The van der Waals surface area contributed by atoms with Gasteiger partial charge < -0.3 is 10.4 Å². The molecule has 2 aromatic heterocycles. The van der Waals surface area contributed by atoms with Crippen LogP contribution >= 0.6 is 11.3 Å². The minimum absolute atomic E-state index is 0.0520. The molecule has 1 fully saturated rings. The van der Waals surface area contributed by atoms with Gasteiger partial charge in [0.15, 0.2) is 5.78 Å². The first-order chi connectivity index (χ1) is 12.2. The Morgan fingerprint density at radius 1 is 1.38 bits per heavy atom. The predicted molar refractivity (Wildman–Crippen MR) is 86.4 cm³/mol. The normalized spacial score (nSPS) is 26.5. The van der Waals surface area contributed by atoms with Crippen molar-refractivity contribution >= 4 is 23.2 Å². The second-order valence-corrected chi connectivity index (χ2v) is 6.76. The Balaban J connectivity index is 2.20. The highest BCUT2D eigenvalue weighted by molar-refractivity contribution is 7.12. The van der Waals surface area contributed by atoms with Gasteiger partial charge in [0.25, 0.3) is 5.72 Å². The number of halogens is 3. The number of hydrogen-bond acceptors (Lipinski definition) is 5. The molecule has 2 N–H and O–H groups in total. The molecule has 3 atom stereocenters. The molecule has 1 aliphatic heterocycles. The molecule has 26 heavy (non-hydrogen) atoms. The van der Waals surface area contributed by atoms with Gasteiger partial charge in [-0.3, -0.25) is 14.7 Å². The molecule has 2 aromatic rings. The molecular formula is C16H14F3N3O3S. The fourth-order valence-corrected chi connectivity index (χ4v) is 3.72. The highest BCUT2D eigenvalue weighted by Gasteiger charge is 2.69. The van der Waals surface area contributed by atoms with E-state index in [0.29, 0.717) is 0 Å². The number of ketones is 1. The first-order valence-electron chi connectivity index (χ1n) is 7.49. The van der Waals surface area contributed by atoms with Crippen LogP contribution in [0.4, 0.5) is 18.0 Å². The molecule has 0 unspecified atom stereocenters. The summed E-state index contributed by atoms with van der Waals surface area (Å²) in [7, 11) is 0.803. The molecule has 138 valence electrons. The number of Topliss-reactive ketones (excluding diaryl/α,β-unsaturated/α-hetero) is 1. The lowest BCUT2D eigenvalue weighted by atomic mass is 9.78. The monoisotopic (exact) mass is 385 g/mol. The summed E-state index contributed by atoms with van der Waals surface area (Å²) in [6.07, 6.45) is -2.59. The molecule has 3 rings (SSSR count). The van der Waals surface area contributed by atoms with Crippen LogP contribution in [0.3, 0.4) is 0 Å². The van der Waals surface area contributed by atoms with Gasteiger partial charge in [-0.25, -0.2) is 4.79 Å². The zero-order valence-corrected chi connectivity index (χ0v) is 14.2. The number of nitrogens with zero attached hydrogens (tertiary/aromatic N) is 2. The van der Waals surface area contributed by atoms with Crippen molar-refractivity contribution in [3.63, 3.8) is 0 Å². The highest BCUT2D eigenvalue weighted by atomic mass is 32.1. The minimum Gasteiger partial charge on any atom is -0.363 e. The van der Waals surface area contributed by atoms with Gasteiger partial charge in [0.1, 0.15) is 5.92 Å². The molecule has 0 aliphatic carbocycles. The molecule has 1 saturated heterocycles. The largest absolute Gasteiger partial charge is 0.437 e. The highest BCUT2D eigenvalue weighted by Crippen LogP contribution is 2.47. The predicted octanol–water partition coefficient (Wildman–Crippen LogP) is 2.59. The van der Waals surface area contributed by atoms with E-state index in [1.54, 1.807) is 5.38 Å². The van der Waals surface area contributed by atoms with E-state index < -0.39 is 35.7 Å². The number of thiophene rings is 1. The molecule has 0 bridgehead atoms. The standard InChI is InChI=1S/C16H14F3N3O3S/c1-22-14(24)21-12(9-4-2-6-20-8-9)11(15(22,25)16(17,18)19)13(23)10-5-3-7-26-10/h2-8,11-12,25H,1H3,(H,21,24)/t11-,12-,15-/m0/s1. The van der Waals surface area contributed by atoms with E-state index in [0.717, 1.165) is 18.4 Å². The molecule has 0 aromatic carbocycles. The number of aromatic nitrogens is 1. The maximum atomic E-state index is 13.9. The smallest absolute Gasteiger partial charge is 0.363 e. The Morgan fingerprint density at radius 3 is 2.65 bits per heavy atom. The second-order valence-electron chi connectivity index (χ2n) is 5.82. The molecule has 3 heterocycles. The first-order valence-corrected chi connectivity index (χ1v) is 8.37. The molecule has 2 amide bonds. The van der Waals surface area contributed by atoms with Gasteiger partial charge in [-0.2, -0.15) is 13.2 Å². The Morgan fingerprint density at radius 2 is 2.12 bits per heavy atom. The number of alkyl halides is 3. The van der Waals surface area contributed by atoms with Gasteiger partial charge in [-0.05, 0) is 23.1 Å². The van der Waals surface area contributed by atoms with Crippen LogP contribution < -0.4 is 5.32 Å². The average molecular weight is 385 g/mol. The van der Waals surface area contributed by atoms with Crippen molar-refractivity contribution in [1.29, 1.82) is 0 Å². The summed E-state index contributed by atoms with van der Waals surface area (Å²) >= 11 is 0.960. The number of carbonyl (C=O) groups excluding carboxylic acids is 2. The number of urea groups is 1. The van der Waals surface area contributed by atoms with Gasteiger partial charge in [-0.1, -0.05) is 12.1 Å². The van der Waals surface area contributed by atoms with Crippen molar-refractivity contribution < 1.29 is 27.9 Å². The fraction of sp³-hybridized carbons (Fsp3) is 0.312. The zero-order chi connectivity index (χ0) is 19.1. The van der Waals surface area contributed by atoms with Crippen LogP contribution in [0.25, 0.3) is 0 Å². The Labute approximate surface area is 150 Å². The lowest BCUT2D eigenvalue weighted by molar-refractivity contribution is -0.322. The van der Waals surface area contributed by atoms with Crippen molar-refractivity contribution in [1.82, 2.24) is 15.2 Å². The van der Waals surface area contributed by atoms with Crippen molar-refractivity contribution in [2.75, 3.05) is 7.05 Å². The molecule has 0 spiro atoms. The third-order valence-corrected chi connectivity index (χ3v) is 5.25. The minimum atomic E-state index is -5.25.